The quantitative estimate of drug-likeness (QED) is 0.913. The van der Waals surface area contributed by atoms with Crippen LogP contribution >= 0.6 is 0 Å². The first-order valence-corrected chi connectivity index (χ1v) is 7.26. The Morgan fingerprint density at radius 3 is 2.58 bits per heavy atom. The van der Waals surface area contributed by atoms with Gasteiger partial charge in [-0.1, -0.05) is 24.3 Å². The number of carboxylic acids is 1. The number of aromatic carboxylic acids is 1. The zero-order valence-corrected chi connectivity index (χ0v) is 11.3. The Morgan fingerprint density at radius 1 is 1.21 bits per heavy atom. The minimum Gasteiger partial charge on any atom is -0.475 e. The van der Waals surface area contributed by atoms with Crippen molar-refractivity contribution in [1.82, 2.24) is 0 Å². The number of benzene rings is 1. The van der Waals surface area contributed by atoms with Crippen LogP contribution in [0.2, 0.25) is 0 Å². The van der Waals surface area contributed by atoms with Gasteiger partial charge in [0, 0.05) is 22.1 Å². The highest BCUT2D eigenvalue weighted by atomic mass is 32.2. The standard InChI is InChI=1S/C14H14O4S/c1-10-4-2-3-5-11(10)8-19(17)9-12-6-7-18-13(12)14(15)16/h2-7H,8-9H2,1H3,(H,15,16)/t19-/m1/s1. The van der Waals surface area contributed by atoms with E-state index in [1.807, 2.05) is 31.2 Å². The Labute approximate surface area is 113 Å². The van der Waals surface area contributed by atoms with Crippen molar-refractivity contribution < 1.29 is 18.5 Å². The number of hydrogen-bond donors (Lipinski definition) is 1. The lowest BCUT2D eigenvalue weighted by Gasteiger charge is -2.05. The van der Waals surface area contributed by atoms with Gasteiger partial charge < -0.3 is 9.52 Å². The van der Waals surface area contributed by atoms with Crippen LogP contribution in [0, 0.1) is 6.92 Å². The third-order valence-corrected chi connectivity index (χ3v) is 4.10. The van der Waals surface area contributed by atoms with Crippen molar-refractivity contribution in [2.75, 3.05) is 0 Å². The van der Waals surface area contributed by atoms with Crippen LogP contribution in [-0.2, 0) is 22.3 Å². The molecule has 0 aliphatic rings. The van der Waals surface area contributed by atoms with Crippen LogP contribution in [0.5, 0.6) is 0 Å². The van der Waals surface area contributed by atoms with Crippen LogP contribution < -0.4 is 0 Å². The van der Waals surface area contributed by atoms with E-state index < -0.39 is 16.8 Å². The Morgan fingerprint density at radius 2 is 1.89 bits per heavy atom. The van der Waals surface area contributed by atoms with E-state index in [0.29, 0.717) is 11.3 Å². The smallest absolute Gasteiger partial charge is 0.372 e. The van der Waals surface area contributed by atoms with Crippen molar-refractivity contribution in [2.24, 2.45) is 0 Å². The van der Waals surface area contributed by atoms with Crippen LogP contribution in [0.1, 0.15) is 27.2 Å². The lowest BCUT2D eigenvalue weighted by molar-refractivity contribution is 0.0661. The Hall–Kier alpha value is -1.88. The summed E-state index contributed by atoms with van der Waals surface area (Å²) in [6.45, 7) is 1.97. The van der Waals surface area contributed by atoms with Crippen molar-refractivity contribution in [2.45, 2.75) is 18.4 Å². The molecule has 2 rings (SSSR count). The van der Waals surface area contributed by atoms with Gasteiger partial charge in [0.2, 0.25) is 5.76 Å². The fourth-order valence-electron chi connectivity index (χ4n) is 1.81. The van der Waals surface area contributed by atoms with E-state index in [9.17, 15) is 9.00 Å². The van der Waals surface area contributed by atoms with E-state index in [4.69, 9.17) is 9.52 Å². The minimum atomic E-state index is -1.16. The zero-order valence-electron chi connectivity index (χ0n) is 10.5. The number of carboxylic acid groups (broad SMARTS) is 1. The predicted octanol–water partition coefficient (Wildman–Crippen LogP) is 2.74. The van der Waals surface area contributed by atoms with Gasteiger partial charge in [-0.15, -0.1) is 0 Å². The fraction of sp³-hybridized carbons (Fsp3) is 0.214. The maximum Gasteiger partial charge on any atom is 0.372 e. The average Bonchev–Trinajstić information content (AvgIpc) is 2.80. The van der Waals surface area contributed by atoms with Gasteiger partial charge in [-0.3, -0.25) is 4.21 Å². The first kappa shape index (κ1) is 13.5. The van der Waals surface area contributed by atoms with Gasteiger partial charge in [0.1, 0.15) is 0 Å². The summed E-state index contributed by atoms with van der Waals surface area (Å²) in [5.74, 6) is -0.658. The van der Waals surface area contributed by atoms with Crippen molar-refractivity contribution in [3.63, 3.8) is 0 Å². The first-order chi connectivity index (χ1) is 9.08. The molecule has 0 fully saturated rings. The summed E-state index contributed by atoms with van der Waals surface area (Å²) in [5.41, 5.74) is 2.57. The summed E-state index contributed by atoms with van der Waals surface area (Å²) >= 11 is 0. The molecule has 1 aromatic heterocycles. The van der Waals surface area contributed by atoms with Crippen LogP contribution in [0.15, 0.2) is 41.0 Å². The lowest BCUT2D eigenvalue weighted by atomic mass is 10.1. The molecule has 1 atom stereocenters. The second kappa shape index (κ2) is 5.84. The van der Waals surface area contributed by atoms with E-state index in [1.54, 1.807) is 6.07 Å². The third kappa shape index (κ3) is 3.32. The molecule has 0 saturated carbocycles. The van der Waals surface area contributed by atoms with E-state index >= 15 is 0 Å². The molecule has 1 heterocycles. The van der Waals surface area contributed by atoms with E-state index in [2.05, 4.69) is 0 Å². The van der Waals surface area contributed by atoms with Crippen molar-refractivity contribution in [1.29, 1.82) is 0 Å². The van der Waals surface area contributed by atoms with Crippen LogP contribution in [0.25, 0.3) is 0 Å². The largest absolute Gasteiger partial charge is 0.475 e. The maximum atomic E-state index is 12.1. The Kier molecular flexibility index (Phi) is 4.16. The summed E-state index contributed by atoms with van der Waals surface area (Å²) in [5, 5.41) is 8.91. The third-order valence-electron chi connectivity index (χ3n) is 2.84. The van der Waals surface area contributed by atoms with Crippen molar-refractivity contribution in [3.05, 3.63) is 59.0 Å². The second-order valence-corrected chi connectivity index (χ2v) is 5.69. The summed E-state index contributed by atoms with van der Waals surface area (Å²) in [4.78, 5) is 10.9. The average molecular weight is 278 g/mol. The van der Waals surface area contributed by atoms with Crippen molar-refractivity contribution in [3.8, 4) is 0 Å². The molecule has 0 aliphatic carbocycles. The fourth-order valence-corrected chi connectivity index (χ4v) is 3.15. The number of hydrogen-bond acceptors (Lipinski definition) is 3. The second-order valence-electron chi connectivity index (χ2n) is 4.24. The first-order valence-electron chi connectivity index (χ1n) is 5.77. The molecular weight excluding hydrogens is 264 g/mol. The molecule has 0 bridgehead atoms. The summed E-state index contributed by atoms with van der Waals surface area (Å²) in [6.07, 6.45) is 1.31. The van der Waals surface area contributed by atoms with Gasteiger partial charge in [0.25, 0.3) is 0 Å². The molecule has 0 spiro atoms. The van der Waals surface area contributed by atoms with Crippen LogP contribution in [0.3, 0.4) is 0 Å². The van der Waals surface area contributed by atoms with Gasteiger partial charge in [0.15, 0.2) is 0 Å². The molecule has 0 aliphatic heterocycles. The molecule has 2 aromatic rings. The van der Waals surface area contributed by atoms with E-state index in [-0.39, 0.29) is 11.5 Å². The van der Waals surface area contributed by atoms with Crippen LogP contribution in [-0.4, -0.2) is 15.3 Å². The summed E-state index contributed by atoms with van der Waals surface area (Å²) in [6, 6.07) is 9.29. The molecule has 0 saturated heterocycles. The maximum absolute atomic E-state index is 12.1. The Bertz CT molecular complexity index is 615. The normalized spacial score (nSPS) is 12.3. The van der Waals surface area contributed by atoms with E-state index in [1.165, 1.54) is 6.26 Å². The molecule has 0 radical (unpaired) electrons. The molecule has 1 aromatic carbocycles. The summed E-state index contributed by atoms with van der Waals surface area (Å²) < 4.78 is 17.0. The molecule has 0 unspecified atom stereocenters. The number of rotatable bonds is 5. The topological polar surface area (TPSA) is 67.5 Å². The van der Waals surface area contributed by atoms with Gasteiger partial charge >= 0.3 is 5.97 Å². The van der Waals surface area contributed by atoms with Gasteiger partial charge in [-0.25, -0.2) is 4.79 Å². The number of aryl methyl sites for hydroxylation is 1. The molecule has 0 amide bonds. The molecule has 4 nitrogen and oxygen atoms in total. The number of carbonyl (C=O) groups is 1. The van der Waals surface area contributed by atoms with Gasteiger partial charge in [0.05, 0.1) is 12.0 Å². The number of furan rings is 1. The highest BCUT2D eigenvalue weighted by Gasteiger charge is 2.16. The molecular formula is C14H14O4S. The molecule has 1 N–H and O–H groups in total. The van der Waals surface area contributed by atoms with E-state index in [0.717, 1.165) is 11.1 Å². The molecule has 100 valence electrons. The lowest BCUT2D eigenvalue weighted by Crippen LogP contribution is -2.04. The minimum absolute atomic E-state index is 0.127. The van der Waals surface area contributed by atoms with Gasteiger partial charge in [-0.05, 0) is 24.1 Å². The van der Waals surface area contributed by atoms with Crippen molar-refractivity contribution >= 4 is 16.8 Å². The monoisotopic (exact) mass is 278 g/mol. The summed E-state index contributed by atoms with van der Waals surface area (Å²) in [7, 11) is -1.16. The Balaban J connectivity index is 2.08. The molecule has 19 heavy (non-hydrogen) atoms. The molecule has 5 heteroatoms. The SMILES string of the molecule is Cc1ccccc1C[S@@](=O)Cc1ccoc1C(=O)O. The highest BCUT2D eigenvalue weighted by molar-refractivity contribution is 7.83. The zero-order chi connectivity index (χ0) is 13.8. The predicted molar refractivity (Wildman–Crippen MR) is 72.4 cm³/mol. The van der Waals surface area contributed by atoms with Gasteiger partial charge in [-0.2, -0.15) is 0 Å². The van der Waals surface area contributed by atoms with Crippen LogP contribution in [0.4, 0.5) is 0 Å². The highest BCUT2D eigenvalue weighted by Crippen LogP contribution is 2.16.